The summed E-state index contributed by atoms with van der Waals surface area (Å²) in [6.45, 7) is 9.27. The third-order valence-electron chi connectivity index (χ3n) is 3.24. The highest BCUT2D eigenvalue weighted by Crippen LogP contribution is 2.26. The van der Waals surface area contributed by atoms with Gasteiger partial charge in [0.25, 0.3) is 0 Å². The van der Waals surface area contributed by atoms with Crippen molar-refractivity contribution >= 4 is 5.69 Å². The summed E-state index contributed by atoms with van der Waals surface area (Å²) in [5, 5.41) is 3.29. The van der Waals surface area contributed by atoms with Crippen LogP contribution in [0.1, 0.15) is 32.8 Å². The van der Waals surface area contributed by atoms with Gasteiger partial charge in [0.15, 0.2) is 0 Å². The number of nitrogens with zero attached hydrogens (tertiary/aromatic N) is 1. The lowest BCUT2D eigenvalue weighted by molar-refractivity contribution is 0.199. The van der Waals surface area contributed by atoms with Gasteiger partial charge in [0.1, 0.15) is 5.82 Å². The van der Waals surface area contributed by atoms with Gasteiger partial charge in [0.2, 0.25) is 0 Å². The average molecular weight is 282 g/mol. The quantitative estimate of drug-likeness (QED) is 0.704. The van der Waals surface area contributed by atoms with Crippen LogP contribution in [-0.2, 0) is 11.3 Å². The Bertz CT molecular complexity index is 396. The fourth-order valence-electron chi connectivity index (χ4n) is 2.29. The van der Waals surface area contributed by atoms with E-state index in [0.717, 1.165) is 30.8 Å². The molecule has 1 aromatic rings. The van der Waals surface area contributed by atoms with Crippen LogP contribution in [0.15, 0.2) is 18.2 Å². The van der Waals surface area contributed by atoms with Crippen LogP contribution in [-0.4, -0.2) is 32.8 Å². The number of methoxy groups -OCH3 is 1. The molecule has 1 aromatic carbocycles. The summed E-state index contributed by atoms with van der Waals surface area (Å²) < 4.78 is 19.3. The van der Waals surface area contributed by atoms with Crippen LogP contribution in [0.5, 0.6) is 0 Å². The number of para-hydroxylation sites is 1. The number of ether oxygens (including phenoxy) is 1. The molecule has 1 rings (SSSR count). The first kappa shape index (κ1) is 16.9. The van der Waals surface area contributed by atoms with Crippen molar-refractivity contribution in [2.24, 2.45) is 0 Å². The fourth-order valence-corrected chi connectivity index (χ4v) is 2.29. The van der Waals surface area contributed by atoms with Crippen molar-refractivity contribution in [3.8, 4) is 0 Å². The van der Waals surface area contributed by atoms with E-state index in [4.69, 9.17) is 4.74 Å². The van der Waals surface area contributed by atoms with E-state index in [-0.39, 0.29) is 11.9 Å². The summed E-state index contributed by atoms with van der Waals surface area (Å²) in [6.07, 6.45) is 1.00. The predicted molar refractivity (Wildman–Crippen MR) is 82.8 cm³/mol. The molecule has 3 nitrogen and oxygen atoms in total. The molecule has 20 heavy (non-hydrogen) atoms. The lowest BCUT2D eigenvalue weighted by atomic mass is 10.1. The Balaban J connectivity index is 2.91. The molecule has 0 fully saturated rings. The van der Waals surface area contributed by atoms with Crippen molar-refractivity contribution in [1.82, 2.24) is 5.32 Å². The number of halogens is 1. The minimum atomic E-state index is -0.141. The van der Waals surface area contributed by atoms with E-state index in [9.17, 15) is 4.39 Å². The Morgan fingerprint density at radius 3 is 2.70 bits per heavy atom. The molecule has 0 atom stereocenters. The van der Waals surface area contributed by atoms with Gasteiger partial charge in [-0.3, -0.25) is 0 Å². The molecule has 0 spiro atoms. The number of hydrogen-bond donors (Lipinski definition) is 1. The van der Waals surface area contributed by atoms with Crippen LogP contribution in [0.4, 0.5) is 10.1 Å². The molecule has 0 aliphatic rings. The zero-order valence-corrected chi connectivity index (χ0v) is 13.1. The maximum atomic E-state index is 14.3. The fraction of sp³-hybridized carbons (Fsp3) is 0.625. The minimum absolute atomic E-state index is 0.141. The normalized spacial score (nSPS) is 11.1. The zero-order valence-electron chi connectivity index (χ0n) is 13.1. The van der Waals surface area contributed by atoms with E-state index in [0.29, 0.717) is 13.2 Å². The van der Waals surface area contributed by atoms with Crippen LogP contribution in [0, 0.1) is 5.82 Å². The second kappa shape index (κ2) is 8.93. The molecule has 0 unspecified atom stereocenters. The van der Waals surface area contributed by atoms with Crippen LogP contribution < -0.4 is 10.2 Å². The minimum Gasteiger partial charge on any atom is -0.383 e. The maximum absolute atomic E-state index is 14.3. The molecule has 4 heteroatoms. The van der Waals surface area contributed by atoms with E-state index >= 15 is 0 Å². The number of anilines is 1. The highest BCUT2D eigenvalue weighted by Gasteiger charge is 2.17. The average Bonchev–Trinajstić information content (AvgIpc) is 2.42. The molecule has 0 aliphatic heterocycles. The summed E-state index contributed by atoms with van der Waals surface area (Å²) in [4.78, 5) is 2.14. The first-order valence-electron chi connectivity index (χ1n) is 7.35. The Labute approximate surface area is 122 Å². The Hall–Kier alpha value is -1.13. The van der Waals surface area contributed by atoms with E-state index < -0.39 is 0 Å². The highest BCUT2D eigenvalue weighted by molar-refractivity contribution is 5.55. The topological polar surface area (TPSA) is 24.5 Å². The monoisotopic (exact) mass is 282 g/mol. The van der Waals surface area contributed by atoms with Crippen molar-refractivity contribution in [3.05, 3.63) is 29.6 Å². The van der Waals surface area contributed by atoms with Gasteiger partial charge < -0.3 is 15.0 Å². The lowest BCUT2D eigenvalue weighted by Gasteiger charge is -2.31. The van der Waals surface area contributed by atoms with Gasteiger partial charge in [0.05, 0.1) is 12.3 Å². The molecular formula is C16H27FN2O. The second-order valence-electron chi connectivity index (χ2n) is 5.20. The van der Waals surface area contributed by atoms with Gasteiger partial charge in [0, 0.05) is 32.8 Å². The van der Waals surface area contributed by atoms with Crippen molar-refractivity contribution in [2.45, 2.75) is 39.8 Å². The summed E-state index contributed by atoms with van der Waals surface area (Å²) >= 11 is 0. The Morgan fingerprint density at radius 1 is 1.35 bits per heavy atom. The maximum Gasteiger partial charge on any atom is 0.146 e. The number of hydrogen-bond acceptors (Lipinski definition) is 3. The van der Waals surface area contributed by atoms with Gasteiger partial charge in [-0.05, 0) is 31.9 Å². The third kappa shape index (κ3) is 4.76. The first-order chi connectivity index (χ1) is 9.61. The SMILES string of the molecule is CCCN(c1c(F)cccc1CNCCOC)C(C)C. The van der Waals surface area contributed by atoms with E-state index in [1.54, 1.807) is 19.2 Å². The van der Waals surface area contributed by atoms with Crippen LogP contribution in [0.3, 0.4) is 0 Å². The third-order valence-corrected chi connectivity index (χ3v) is 3.24. The summed E-state index contributed by atoms with van der Waals surface area (Å²) in [5.74, 6) is -0.141. The molecule has 0 bridgehead atoms. The van der Waals surface area contributed by atoms with Crippen molar-refractivity contribution in [3.63, 3.8) is 0 Å². The molecule has 114 valence electrons. The van der Waals surface area contributed by atoms with E-state index in [1.165, 1.54) is 0 Å². The van der Waals surface area contributed by atoms with Gasteiger partial charge in [-0.1, -0.05) is 19.1 Å². The summed E-state index contributed by atoms with van der Waals surface area (Å²) in [7, 11) is 1.68. The van der Waals surface area contributed by atoms with Gasteiger partial charge >= 0.3 is 0 Å². The lowest BCUT2D eigenvalue weighted by Crippen LogP contribution is -2.33. The number of benzene rings is 1. The van der Waals surface area contributed by atoms with E-state index in [2.05, 4.69) is 31.0 Å². The molecule has 0 aromatic heterocycles. The first-order valence-corrected chi connectivity index (χ1v) is 7.35. The van der Waals surface area contributed by atoms with Crippen LogP contribution in [0.2, 0.25) is 0 Å². The number of rotatable bonds is 9. The predicted octanol–water partition coefficient (Wildman–Crippen LogP) is 3.19. The highest BCUT2D eigenvalue weighted by atomic mass is 19.1. The van der Waals surface area contributed by atoms with Crippen LogP contribution in [0.25, 0.3) is 0 Å². The standard InChI is InChI=1S/C16H27FN2O/c1-5-10-19(13(2)3)16-14(7-6-8-15(16)17)12-18-9-11-20-4/h6-8,13,18H,5,9-12H2,1-4H3. The smallest absolute Gasteiger partial charge is 0.146 e. The van der Waals surface area contributed by atoms with Gasteiger partial charge in [-0.2, -0.15) is 0 Å². The second-order valence-corrected chi connectivity index (χ2v) is 5.20. The molecular weight excluding hydrogens is 255 g/mol. The number of nitrogens with one attached hydrogen (secondary N) is 1. The molecule has 0 radical (unpaired) electrons. The van der Waals surface area contributed by atoms with Gasteiger partial charge in [-0.15, -0.1) is 0 Å². The molecule has 0 saturated heterocycles. The molecule has 1 N–H and O–H groups in total. The molecule has 0 heterocycles. The summed E-state index contributed by atoms with van der Waals surface area (Å²) in [6, 6.07) is 5.59. The van der Waals surface area contributed by atoms with Crippen molar-refractivity contribution < 1.29 is 9.13 Å². The molecule has 0 saturated carbocycles. The Kier molecular flexibility index (Phi) is 7.55. The zero-order chi connectivity index (χ0) is 15.0. The molecule has 0 amide bonds. The molecule has 0 aliphatic carbocycles. The van der Waals surface area contributed by atoms with Crippen molar-refractivity contribution in [2.75, 3.05) is 31.7 Å². The summed E-state index contributed by atoms with van der Waals surface area (Å²) in [5.41, 5.74) is 1.73. The van der Waals surface area contributed by atoms with Crippen LogP contribution >= 0.6 is 0 Å². The largest absolute Gasteiger partial charge is 0.383 e. The van der Waals surface area contributed by atoms with E-state index in [1.807, 2.05) is 6.07 Å². The van der Waals surface area contributed by atoms with Gasteiger partial charge in [-0.25, -0.2) is 4.39 Å². The van der Waals surface area contributed by atoms with Crippen molar-refractivity contribution in [1.29, 1.82) is 0 Å². The Morgan fingerprint density at radius 2 is 2.10 bits per heavy atom.